The smallest absolute Gasteiger partial charge is 0.321 e. The molecular weight excluding hydrogens is 360 g/mol. The van der Waals surface area contributed by atoms with Gasteiger partial charge in [0.1, 0.15) is 0 Å². The third-order valence-corrected chi connectivity index (χ3v) is 4.66. The minimum absolute atomic E-state index is 0.262. The first-order valence-corrected chi connectivity index (χ1v) is 7.73. The lowest BCUT2D eigenvalue weighted by atomic mass is 9.80. The number of nitrogens with one attached hydrogen (secondary N) is 1. The van der Waals surface area contributed by atoms with Crippen LogP contribution in [0.5, 0.6) is 0 Å². The number of benzene rings is 1. The van der Waals surface area contributed by atoms with Crippen LogP contribution < -0.4 is 5.32 Å². The summed E-state index contributed by atoms with van der Waals surface area (Å²) in [5, 5.41) is 12.4. The zero-order valence-electron chi connectivity index (χ0n) is 11.5. The quantitative estimate of drug-likeness (QED) is 0.825. The second-order valence-electron chi connectivity index (χ2n) is 5.41. The molecule has 0 unspecified atom stereocenters. The van der Waals surface area contributed by atoms with Crippen LogP contribution in [-0.2, 0) is 4.79 Å². The molecule has 0 aromatic heterocycles. The molecule has 2 N–H and O–H groups in total. The molecule has 2 amide bonds. The predicted octanol–water partition coefficient (Wildman–Crippen LogP) is 3.82. The molecular formula is C14H16BrClN2O3. The lowest BCUT2D eigenvalue weighted by molar-refractivity contribution is -0.150. The van der Waals surface area contributed by atoms with E-state index < -0.39 is 11.4 Å². The van der Waals surface area contributed by atoms with E-state index in [2.05, 4.69) is 21.2 Å². The Morgan fingerprint density at radius 3 is 2.57 bits per heavy atom. The number of carboxylic acids is 1. The second-order valence-corrected chi connectivity index (χ2v) is 6.73. The first-order chi connectivity index (χ1) is 9.82. The third kappa shape index (κ3) is 3.68. The Hall–Kier alpha value is -1.27. The van der Waals surface area contributed by atoms with Crippen LogP contribution in [0.4, 0.5) is 10.5 Å². The maximum Gasteiger partial charge on any atom is 0.321 e. The van der Waals surface area contributed by atoms with Crippen molar-refractivity contribution in [2.45, 2.75) is 19.8 Å². The normalized spacial score (nSPS) is 17.4. The first-order valence-electron chi connectivity index (χ1n) is 6.56. The van der Waals surface area contributed by atoms with Gasteiger partial charge in [0.05, 0.1) is 16.1 Å². The molecule has 0 radical (unpaired) electrons. The van der Waals surface area contributed by atoms with Gasteiger partial charge in [-0.1, -0.05) is 27.5 Å². The summed E-state index contributed by atoms with van der Waals surface area (Å²) in [5.74, 6) is -0.808. The number of piperidine rings is 1. The monoisotopic (exact) mass is 374 g/mol. The molecule has 0 spiro atoms. The molecule has 1 aromatic carbocycles. The van der Waals surface area contributed by atoms with Crippen LogP contribution in [-0.4, -0.2) is 35.1 Å². The van der Waals surface area contributed by atoms with E-state index in [0.29, 0.717) is 36.6 Å². The number of urea groups is 1. The molecule has 5 nitrogen and oxygen atoms in total. The Balaban J connectivity index is 2.00. The fraction of sp³-hybridized carbons (Fsp3) is 0.429. The highest BCUT2D eigenvalue weighted by Crippen LogP contribution is 2.32. The molecule has 0 bridgehead atoms. The van der Waals surface area contributed by atoms with Crippen molar-refractivity contribution in [1.29, 1.82) is 0 Å². The molecule has 2 rings (SSSR count). The Morgan fingerprint density at radius 2 is 2.00 bits per heavy atom. The number of carboxylic acid groups (broad SMARTS) is 1. The van der Waals surface area contributed by atoms with E-state index >= 15 is 0 Å². The molecule has 1 saturated heterocycles. The average molecular weight is 376 g/mol. The van der Waals surface area contributed by atoms with Gasteiger partial charge in [-0.2, -0.15) is 0 Å². The Labute approximate surface area is 136 Å². The van der Waals surface area contributed by atoms with Crippen LogP contribution >= 0.6 is 27.5 Å². The number of hydrogen-bond donors (Lipinski definition) is 2. The summed E-state index contributed by atoms with van der Waals surface area (Å²) in [5.41, 5.74) is -0.216. The minimum atomic E-state index is -0.808. The third-order valence-electron chi connectivity index (χ3n) is 3.84. The van der Waals surface area contributed by atoms with Gasteiger partial charge in [-0.3, -0.25) is 4.79 Å². The fourth-order valence-corrected chi connectivity index (χ4v) is 2.73. The Kier molecular flexibility index (Phi) is 4.78. The number of nitrogens with zero attached hydrogens (tertiary/aromatic N) is 1. The molecule has 1 heterocycles. The van der Waals surface area contributed by atoms with Gasteiger partial charge in [-0.25, -0.2) is 4.79 Å². The average Bonchev–Trinajstić information content (AvgIpc) is 2.43. The number of hydrogen-bond acceptors (Lipinski definition) is 2. The Morgan fingerprint density at radius 1 is 1.38 bits per heavy atom. The van der Waals surface area contributed by atoms with Crippen molar-refractivity contribution in [1.82, 2.24) is 4.90 Å². The Bertz CT molecular complexity index is 571. The van der Waals surface area contributed by atoms with E-state index in [4.69, 9.17) is 11.6 Å². The topological polar surface area (TPSA) is 69.6 Å². The number of aliphatic carboxylic acids is 1. The maximum absolute atomic E-state index is 12.2. The van der Waals surface area contributed by atoms with Crippen molar-refractivity contribution >= 4 is 45.2 Å². The molecule has 0 aliphatic carbocycles. The van der Waals surface area contributed by atoms with Crippen molar-refractivity contribution in [3.63, 3.8) is 0 Å². The number of likely N-dealkylation sites (tertiary alicyclic amines) is 1. The maximum atomic E-state index is 12.2. The fourth-order valence-electron chi connectivity index (χ4n) is 2.20. The van der Waals surface area contributed by atoms with Crippen molar-refractivity contribution in [3.8, 4) is 0 Å². The summed E-state index contributed by atoms with van der Waals surface area (Å²) in [6.07, 6.45) is 0.893. The number of rotatable bonds is 2. The molecule has 1 aliphatic heterocycles. The van der Waals surface area contributed by atoms with E-state index in [9.17, 15) is 14.7 Å². The van der Waals surface area contributed by atoms with Gasteiger partial charge in [0.2, 0.25) is 0 Å². The number of anilines is 1. The van der Waals surface area contributed by atoms with Crippen LogP contribution in [0.2, 0.25) is 5.02 Å². The van der Waals surface area contributed by atoms with Crippen molar-refractivity contribution in [2.75, 3.05) is 18.4 Å². The van der Waals surface area contributed by atoms with Gasteiger partial charge >= 0.3 is 12.0 Å². The van der Waals surface area contributed by atoms with Gasteiger partial charge in [0, 0.05) is 17.6 Å². The summed E-state index contributed by atoms with van der Waals surface area (Å²) in [7, 11) is 0. The zero-order valence-corrected chi connectivity index (χ0v) is 13.9. The zero-order chi connectivity index (χ0) is 15.6. The van der Waals surface area contributed by atoms with Gasteiger partial charge in [-0.15, -0.1) is 0 Å². The van der Waals surface area contributed by atoms with E-state index in [0.717, 1.165) is 4.47 Å². The molecule has 1 aromatic rings. The van der Waals surface area contributed by atoms with Crippen molar-refractivity contribution in [2.24, 2.45) is 5.41 Å². The van der Waals surface area contributed by atoms with E-state index in [1.807, 2.05) is 0 Å². The molecule has 21 heavy (non-hydrogen) atoms. The van der Waals surface area contributed by atoms with E-state index in [-0.39, 0.29) is 6.03 Å². The standard InChI is InChI=1S/C14H16BrClN2O3/c1-14(12(19)20)4-6-18(7-5-14)13(21)17-11-8-9(15)2-3-10(11)16/h2-3,8H,4-7H2,1H3,(H,17,21)(H,19,20). The molecule has 0 saturated carbocycles. The van der Waals surface area contributed by atoms with Crippen LogP contribution in [0.25, 0.3) is 0 Å². The van der Waals surface area contributed by atoms with Crippen LogP contribution in [0.3, 0.4) is 0 Å². The van der Waals surface area contributed by atoms with Crippen LogP contribution in [0, 0.1) is 5.41 Å². The van der Waals surface area contributed by atoms with E-state index in [1.165, 1.54) is 0 Å². The van der Waals surface area contributed by atoms with Gasteiger partial charge in [0.25, 0.3) is 0 Å². The highest BCUT2D eigenvalue weighted by Gasteiger charge is 2.38. The summed E-state index contributed by atoms with van der Waals surface area (Å²) in [6.45, 7) is 2.55. The van der Waals surface area contributed by atoms with E-state index in [1.54, 1.807) is 30.0 Å². The number of amides is 2. The predicted molar refractivity (Wildman–Crippen MR) is 84.7 cm³/mol. The highest BCUT2D eigenvalue weighted by molar-refractivity contribution is 9.10. The summed E-state index contributed by atoms with van der Waals surface area (Å²) in [4.78, 5) is 25.0. The molecule has 1 aliphatic rings. The molecule has 1 fully saturated rings. The van der Waals surface area contributed by atoms with Crippen molar-refractivity contribution in [3.05, 3.63) is 27.7 Å². The lowest BCUT2D eigenvalue weighted by Gasteiger charge is -2.36. The lowest BCUT2D eigenvalue weighted by Crippen LogP contribution is -2.46. The van der Waals surface area contributed by atoms with Crippen molar-refractivity contribution < 1.29 is 14.7 Å². The molecule has 0 atom stereocenters. The summed E-state index contributed by atoms with van der Waals surface area (Å²) in [6, 6.07) is 4.95. The first kappa shape index (κ1) is 16.1. The number of carbonyl (C=O) groups is 2. The van der Waals surface area contributed by atoms with Gasteiger partial charge in [0.15, 0.2) is 0 Å². The van der Waals surface area contributed by atoms with Crippen LogP contribution in [0.1, 0.15) is 19.8 Å². The molecule has 114 valence electrons. The largest absolute Gasteiger partial charge is 0.481 e. The molecule has 7 heteroatoms. The second kappa shape index (κ2) is 6.23. The number of halogens is 2. The highest BCUT2D eigenvalue weighted by atomic mass is 79.9. The van der Waals surface area contributed by atoms with Gasteiger partial charge in [-0.05, 0) is 38.0 Å². The summed E-state index contributed by atoms with van der Waals surface area (Å²) < 4.78 is 0.819. The summed E-state index contributed by atoms with van der Waals surface area (Å²) >= 11 is 9.36. The minimum Gasteiger partial charge on any atom is -0.481 e. The van der Waals surface area contributed by atoms with Crippen LogP contribution in [0.15, 0.2) is 22.7 Å². The van der Waals surface area contributed by atoms with Gasteiger partial charge < -0.3 is 15.3 Å². The number of carbonyl (C=O) groups excluding carboxylic acids is 1. The SMILES string of the molecule is CC1(C(=O)O)CCN(C(=O)Nc2cc(Br)ccc2Cl)CC1.